The Hall–Kier alpha value is -5.63. The Morgan fingerprint density at radius 1 is 0.714 bits per heavy atom. The molecule has 8 nitrogen and oxygen atoms in total. The van der Waals surface area contributed by atoms with Crippen molar-refractivity contribution in [2.45, 2.75) is 18.4 Å². The van der Waals surface area contributed by atoms with E-state index in [1.807, 2.05) is 0 Å². The summed E-state index contributed by atoms with van der Waals surface area (Å²) < 4.78 is 80.5. The molecule has 1 unspecified atom stereocenters. The lowest BCUT2D eigenvalue weighted by molar-refractivity contribution is -0.138. The number of aromatic nitrogens is 2. The van der Waals surface area contributed by atoms with E-state index in [1.54, 1.807) is 24.5 Å². The minimum atomic E-state index is -4.62. The normalized spacial score (nSPS) is 18.4. The Kier molecular flexibility index (Phi) is 5.09. The lowest BCUT2D eigenvalue weighted by Gasteiger charge is -2.23. The maximum atomic E-state index is 13.4. The molecule has 0 amide bonds. The molecule has 0 fully saturated rings. The van der Waals surface area contributed by atoms with Crippen molar-refractivity contribution in [3.05, 3.63) is 82.0 Å². The van der Waals surface area contributed by atoms with Gasteiger partial charge in [0, 0.05) is 22.3 Å². The fourth-order valence-corrected chi connectivity index (χ4v) is 5.39. The molecule has 1 atom stereocenters. The number of nitrogens with one attached hydrogen (secondary N) is 1. The van der Waals surface area contributed by atoms with Gasteiger partial charge >= 0.3 is 12.4 Å². The Morgan fingerprint density at radius 3 is 2.00 bits per heavy atom. The second-order valence-electron chi connectivity index (χ2n) is 9.53. The number of halogens is 6. The number of anilines is 1. The molecule has 3 aliphatic rings. The number of aliphatic imine (C=N–C) groups is 3. The van der Waals surface area contributed by atoms with Crippen LogP contribution in [0.2, 0.25) is 0 Å². The van der Waals surface area contributed by atoms with Gasteiger partial charge in [-0.15, -0.1) is 0 Å². The van der Waals surface area contributed by atoms with Crippen molar-refractivity contribution >= 4 is 39.5 Å². The SMILES string of the molecule is N#CN=C1c2cc(C(F)(F)F)ccc2-c2nc3cc4c(cc3nc21)N=C1c2ccc(C(F)(F)F)cc2C(=NC#N)C1N4. The fraction of sp³-hybridized carbons (Fsp3) is 0.107. The van der Waals surface area contributed by atoms with Crippen LogP contribution in [0.5, 0.6) is 0 Å². The molecule has 0 spiro atoms. The number of benzene rings is 3. The van der Waals surface area contributed by atoms with Crippen molar-refractivity contribution in [3.8, 4) is 23.6 Å². The number of fused-ring (bicyclic) bond motifs is 8. The third-order valence-electron chi connectivity index (χ3n) is 7.18. The summed E-state index contributed by atoms with van der Waals surface area (Å²) in [6.45, 7) is 0. The molecule has 2 heterocycles. The summed E-state index contributed by atoms with van der Waals surface area (Å²) in [5.41, 5.74) is 1.25. The van der Waals surface area contributed by atoms with Crippen LogP contribution in [0.3, 0.4) is 0 Å². The molecule has 0 radical (unpaired) electrons. The monoisotopic (exact) mass is 572 g/mol. The van der Waals surface area contributed by atoms with Crippen LogP contribution < -0.4 is 5.32 Å². The van der Waals surface area contributed by atoms with Crippen molar-refractivity contribution < 1.29 is 26.3 Å². The van der Waals surface area contributed by atoms with E-state index >= 15 is 0 Å². The summed E-state index contributed by atoms with van der Waals surface area (Å²) in [5, 5.41) is 21.7. The van der Waals surface area contributed by atoms with Crippen LogP contribution in [0.4, 0.5) is 37.7 Å². The van der Waals surface area contributed by atoms with E-state index in [2.05, 4.69) is 30.3 Å². The molecule has 42 heavy (non-hydrogen) atoms. The van der Waals surface area contributed by atoms with E-state index in [1.165, 1.54) is 12.1 Å². The predicted octanol–water partition coefficient (Wildman–Crippen LogP) is 6.16. The third kappa shape index (κ3) is 3.65. The van der Waals surface area contributed by atoms with E-state index < -0.39 is 29.5 Å². The minimum Gasteiger partial charge on any atom is -0.370 e. The molecule has 3 aromatic carbocycles. The van der Waals surface area contributed by atoms with E-state index in [9.17, 15) is 36.9 Å². The Bertz CT molecular complexity index is 2080. The van der Waals surface area contributed by atoms with Gasteiger partial charge in [0.05, 0.1) is 50.7 Å². The number of nitriles is 2. The average Bonchev–Trinajstić information content (AvgIpc) is 3.40. The smallest absolute Gasteiger partial charge is 0.370 e. The molecular formula is C28H10F6N8. The van der Waals surface area contributed by atoms with Gasteiger partial charge in [0.15, 0.2) is 0 Å². The zero-order chi connectivity index (χ0) is 29.6. The maximum absolute atomic E-state index is 13.4. The zero-order valence-corrected chi connectivity index (χ0v) is 20.6. The van der Waals surface area contributed by atoms with Crippen molar-refractivity contribution in [1.29, 1.82) is 10.5 Å². The van der Waals surface area contributed by atoms with Gasteiger partial charge in [-0.1, -0.05) is 12.1 Å². The Morgan fingerprint density at radius 2 is 1.33 bits per heavy atom. The van der Waals surface area contributed by atoms with Gasteiger partial charge in [-0.25, -0.2) is 15.0 Å². The van der Waals surface area contributed by atoms with E-state index in [0.29, 0.717) is 39.2 Å². The van der Waals surface area contributed by atoms with Crippen LogP contribution in [-0.4, -0.2) is 33.1 Å². The van der Waals surface area contributed by atoms with Crippen LogP contribution >= 0.6 is 0 Å². The second-order valence-corrected chi connectivity index (χ2v) is 9.53. The topological polar surface area (TPSA) is 122 Å². The van der Waals surface area contributed by atoms with Gasteiger partial charge < -0.3 is 5.32 Å². The molecule has 1 aliphatic heterocycles. The van der Waals surface area contributed by atoms with Crippen LogP contribution in [-0.2, 0) is 12.4 Å². The highest BCUT2D eigenvalue weighted by molar-refractivity contribution is 6.35. The van der Waals surface area contributed by atoms with Crippen molar-refractivity contribution in [2.75, 3.05) is 5.32 Å². The summed E-state index contributed by atoms with van der Waals surface area (Å²) in [6, 6.07) is 8.54. The number of nitrogens with zero attached hydrogens (tertiary/aromatic N) is 7. The van der Waals surface area contributed by atoms with Crippen LogP contribution in [0.25, 0.3) is 22.3 Å². The Labute approximate surface area is 231 Å². The quantitative estimate of drug-likeness (QED) is 0.176. The van der Waals surface area contributed by atoms with Gasteiger partial charge in [-0.2, -0.15) is 46.9 Å². The maximum Gasteiger partial charge on any atom is 0.416 e. The number of hydrogen-bond acceptors (Lipinski definition) is 8. The standard InChI is InChI=1S/C28H10F6N8/c29-27(30,31)11-1-3-13-15(5-11)21(37-9-35)25-23(13)39-17-7-20-18(8-19(17)41-25)40-24-14-4-2-12(28(32,33)34)6-16(14)22(38-10-36)26(24)42-20/h1-8,25,41H. The molecular weight excluding hydrogens is 562 g/mol. The number of rotatable bonds is 0. The highest BCUT2D eigenvalue weighted by atomic mass is 19.4. The fourth-order valence-electron chi connectivity index (χ4n) is 5.39. The highest BCUT2D eigenvalue weighted by Crippen LogP contribution is 2.43. The summed E-state index contributed by atoms with van der Waals surface area (Å²) in [7, 11) is 0. The average molecular weight is 572 g/mol. The number of hydrogen-bond donors (Lipinski definition) is 1. The molecule has 204 valence electrons. The van der Waals surface area contributed by atoms with Crippen molar-refractivity contribution in [3.63, 3.8) is 0 Å². The predicted molar refractivity (Wildman–Crippen MR) is 138 cm³/mol. The summed E-state index contributed by atoms with van der Waals surface area (Å²) in [4.78, 5) is 21.4. The summed E-state index contributed by atoms with van der Waals surface area (Å²) >= 11 is 0. The lowest BCUT2D eigenvalue weighted by Crippen LogP contribution is -2.34. The van der Waals surface area contributed by atoms with Gasteiger partial charge in [0.2, 0.25) is 12.4 Å². The zero-order valence-electron chi connectivity index (χ0n) is 20.6. The molecule has 14 heteroatoms. The van der Waals surface area contributed by atoms with E-state index in [-0.39, 0.29) is 33.9 Å². The largest absolute Gasteiger partial charge is 0.416 e. The molecule has 1 N–H and O–H groups in total. The first-order chi connectivity index (χ1) is 20.0. The van der Waals surface area contributed by atoms with Gasteiger partial charge in [-0.05, 0) is 36.4 Å². The molecule has 1 aromatic heterocycles. The number of alkyl halides is 6. The first-order valence-electron chi connectivity index (χ1n) is 12.1. The second kappa shape index (κ2) is 8.44. The molecule has 0 saturated heterocycles. The first-order valence-corrected chi connectivity index (χ1v) is 12.1. The van der Waals surface area contributed by atoms with Crippen molar-refractivity contribution in [2.24, 2.45) is 15.0 Å². The minimum absolute atomic E-state index is 0.0484. The highest BCUT2D eigenvalue weighted by Gasteiger charge is 2.41. The lowest BCUT2D eigenvalue weighted by atomic mass is 10.0. The summed E-state index contributed by atoms with van der Waals surface area (Å²) in [5.74, 6) is 0. The molecule has 2 aliphatic carbocycles. The van der Waals surface area contributed by atoms with Gasteiger partial charge in [0.1, 0.15) is 17.4 Å². The molecule has 0 bridgehead atoms. The van der Waals surface area contributed by atoms with Crippen LogP contribution in [0.1, 0.15) is 33.5 Å². The molecule has 0 saturated carbocycles. The molecule has 7 rings (SSSR count). The van der Waals surface area contributed by atoms with E-state index in [0.717, 1.165) is 24.3 Å². The third-order valence-corrected chi connectivity index (χ3v) is 7.18. The summed E-state index contributed by atoms with van der Waals surface area (Å²) in [6.07, 6.45) is -5.96. The van der Waals surface area contributed by atoms with Gasteiger partial charge in [-0.3, -0.25) is 0 Å². The van der Waals surface area contributed by atoms with Crippen LogP contribution in [0, 0.1) is 22.9 Å². The first kappa shape index (κ1) is 25.3. The van der Waals surface area contributed by atoms with Crippen molar-refractivity contribution in [1.82, 2.24) is 9.97 Å². The van der Waals surface area contributed by atoms with E-state index in [4.69, 9.17) is 0 Å². The van der Waals surface area contributed by atoms with Crippen LogP contribution in [0.15, 0.2) is 63.5 Å². The molecule has 4 aromatic rings. The Balaban J connectivity index is 1.38. The van der Waals surface area contributed by atoms with Gasteiger partial charge in [0.25, 0.3) is 0 Å².